The molecule has 1 saturated heterocycles. The summed E-state index contributed by atoms with van der Waals surface area (Å²) in [6.45, 7) is 1.97. The van der Waals surface area contributed by atoms with Crippen LogP contribution < -0.4 is 4.74 Å². The molecule has 0 N–H and O–H groups in total. The quantitative estimate of drug-likeness (QED) is 0.715. The number of carbonyl (C=O) groups excluding carboxylic acids is 1. The predicted molar refractivity (Wildman–Crippen MR) is 103 cm³/mol. The van der Waals surface area contributed by atoms with Gasteiger partial charge in [-0.25, -0.2) is 17.2 Å². The Kier molecular flexibility index (Phi) is 6.49. The Hall–Kier alpha value is -2.52. The van der Waals surface area contributed by atoms with Gasteiger partial charge < -0.3 is 9.64 Å². The van der Waals surface area contributed by atoms with Crippen molar-refractivity contribution in [2.24, 2.45) is 0 Å². The van der Waals surface area contributed by atoms with Crippen LogP contribution in [0.1, 0.15) is 12.5 Å². The van der Waals surface area contributed by atoms with E-state index < -0.39 is 26.6 Å². The van der Waals surface area contributed by atoms with Crippen molar-refractivity contribution in [3.8, 4) is 5.75 Å². The molecule has 1 aliphatic heterocycles. The van der Waals surface area contributed by atoms with Crippen molar-refractivity contribution in [2.45, 2.75) is 18.2 Å². The zero-order valence-corrected chi connectivity index (χ0v) is 16.8. The first-order valence-corrected chi connectivity index (χ1v) is 10.7. The summed E-state index contributed by atoms with van der Waals surface area (Å²) in [6, 6.07) is 10.3. The number of aryl methyl sites for hydroxylation is 1. The van der Waals surface area contributed by atoms with Crippen LogP contribution in [0.2, 0.25) is 0 Å². The lowest BCUT2D eigenvalue weighted by Gasteiger charge is -2.34. The summed E-state index contributed by atoms with van der Waals surface area (Å²) in [4.78, 5) is 12.9. The number of nitrogens with zero attached hydrogens (tertiary/aromatic N) is 2. The van der Waals surface area contributed by atoms with Crippen LogP contribution in [0.4, 0.5) is 8.78 Å². The summed E-state index contributed by atoms with van der Waals surface area (Å²) < 4.78 is 59.6. The summed E-state index contributed by atoms with van der Waals surface area (Å²) >= 11 is 0. The fraction of sp³-hybridized carbons (Fsp3) is 0.350. The van der Waals surface area contributed by atoms with Crippen molar-refractivity contribution < 1.29 is 26.7 Å². The minimum Gasteiger partial charge on any atom is -0.483 e. The third-order valence-electron chi connectivity index (χ3n) is 4.81. The van der Waals surface area contributed by atoms with Gasteiger partial charge in [-0.15, -0.1) is 0 Å². The van der Waals surface area contributed by atoms with E-state index in [-0.39, 0.29) is 38.7 Å². The number of sulfonamides is 1. The second-order valence-corrected chi connectivity index (χ2v) is 8.46. The molecule has 0 aromatic heterocycles. The van der Waals surface area contributed by atoms with Gasteiger partial charge in [0.2, 0.25) is 10.0 Å². The molecule has 0 unspecified atom stereocenters. The van der Waals surface area contributed by atoms with Gasteiger partial charge in [-0.2, -0.15) is 4.31 Å². The Morgan fingerprint density at radius 3 is 2.24 bits per heavy atom. The van der Waals surface area contributed by atoms with Gasteiger partial charge >= 0.3 is 0 Å². The lowest BCUT2D eigenvalue weighted by molar-refractivity contribution is -0.134. The minimum atomic E-state index is -4.32. The molecule has 0 aliphatic carbocycles. The minimum absolute atomic E-state index is 0.0482. The maximum Gasteiger partial charge on any atom is 0.260 e. The number of ether oxygens (including phenoxy) is 1. The summed E-state index contributed by atoms with van der Waals surface area (Å²) in [5.74, 6) is -1.90. The Morgan fingerprint density at radius 1 is 1.00 bits per heavy atom. The SMILES string of the molecule is CCc1ccccc1OCC(=O)N1CCN(S(=O)(=O)c2c(F)cccc2F)CC1. The molecule has 0 saturated carbocycles. The third kappa shape index (κ3) is 4.56. The van der Waals surface area contributed by atoms with Crippen molar-refractivity contribution >= 4 is 15.9 Å². The fourth-order valence-corrected chi connectivity index (χ4v) is 4.73. The maximum atomic E-state index is 13.9. The Labute approximate surface area is 168 Å². The first-order valence-electron chi connectivity index (χ1n) is 9.27. The molecule has 3 rings (SSSR count). The first kappa shape index (κ1) is 21.2. The van der Waals surface area contributed by atoms with Gasteiger partial charge in [-0.1, -0.05) is 31.2 Å². The number of para-hydroxylation sites is 1. The number of piperazine rings is 1. The van der Waals surface area contributed by atoms with Gasteiger partial charge in [0.05, 0.1) is 0 Å². The van der Waals surface area contributed by atoms with Crippen LogP contribution in [0.25, 0.3) is 0 Å². The van der Waals surface area contributed by atoms with E-state index in [1.165, 1.54) is 4.90 Å². The number of carbonyl (C=O) groups is 1. The zero-order valence-electron chi connectivity index (χ0n) is 16.0. The van der Waals surface area contributed by atoms with Crippen LogP contribution in [0.15, 0.2) is 47.4 Å². The monoisotopic (exact) mass is 424 g/mol. The number of rotatable bonds is 6. The standard InChI is InChI=1S/C20H22F2N2O4S/c1-2-15-6-3-4-9-18(15)28-14-19(25)23-10-12-24(13-11-23)29(26,27)20-16(21)7-5-8-17(20)22/h3-9H,2,10-14H2,1H3. The van der Waals surface area contributed by atoms with Gasteiger partial charge in [-0.3, -0.25) is 4.79 Å². The fourth-order valence-electron chi connectivity index (χ4n) is 3.20. The highest BCUT2D eigenvalue weighted by molar-refractivity contribution is 7.89. The van der Waals surface area contributed by atoms with Crippen LogP contribution >= 0.6 is 0 Å². The number of hydrogen-bond acceptors (Lipinski definition) is 4. The lowest BCUT2D eigenvalue weighted by Crippen LogP contribution is -2.51. The highest BCUT2D eigenvalue weighted by Crippen LogP contribution is 2.24. The van der Waals surface area contributed by atoms with Crippen LogP contribution in [0, 0.1) is 11.6 Å². The maximum absolute atomic E-state index is 13.9. The molecule has 1 fully saturated rings. The van der Waals surface area contributed by atoms with Crippen LogP contribution in [-0.2, 0) is 21.2 Å². The van der Waals surface area contributed by atoms with E-state index >= 15 is 0 Å². The highest BCUT2D eigenvalue weighted by Gasteiger charge is 2.34. The molecule has 0 atom stereocenters. The van der Waals surface area contributed by atoms with Gasteiger partial charge in [0, 0.05) is 26.2 Å². The van der Waals surface area contributed by atoms with E-state index in [0.717, 1.165) is 34.5 Å². The van der Waals surface area contributed by atoms with Gasteiger partial charge in [-0.05, 0) is 30.2 Å². The molecule has 1 heterocycles. The normalized spacial score (nSPS) is 15.3. The van der Waals surface area contributed by atoms with E-state index in [9.17, 15) is 22.0 Å². The number of hydrogen-bond donors (Lipinski definition) is 0. The van der Waals surface area contributed by atoms with Crippen LogP contribution in [-0.4, -0.2) is 56.3 Å². The molecule has 2 aromatic rings. The molecule has 1 aliphatic rings. The Balaban J connectivity index is 1.61. The molecule has 0 bridgehead atoms. The Bertz CT molecular complexity index is 969. The van der Waals surface area contributed by atoms with Crippen molar-refractivity contribution in [1.82, 2.24) is 9.21 Å². The molecule has 9 heteroatoms. The van der Waals surface area contributed by atoms with Gasteiger partial charge in [0.1, 0.15) is 17.4 Å². The molecular formula is C20H22F2N2O4S. The summed E-state index contributed by atoms with van der Waals surface area (Å²) in [7, 11) is -4.32. The highest BCUT2D eigenvalue weighted by atomic mass is 32.2. The molecule has 6 nitrogen and oxygen atoms in total. The molecule has 1 amide bonds. The van der Waals surface area contributed by atoms with Crippen LogP contribution in [0.3, 0.4) is 0 Å². The summed E-state index contributed by atoms with van der Waals surface area (Å²) in [5.41, 5.74) is 0.989. The van der Waals surface area contributed by atoms with E-state index in [4.69, 9.17) is 4.74 Å². The van der Waals surface area contributed by atoms with Crippen molar-refractivity contribution in [3.05, 3.63) is 59.7 Å². The molecule has 0 spiro atoms. The first-order chi connectivity index (χ1) is 13.8. The average molecular weight is 424 g/mol. The van der Waals surface area contributed by atoms with Gasteiger partial charge in [0.25, 0.3) is 5.91 Å². The Morgan fingerprint density at radius 2 is 1.62 bits per heavy atom. The topological polar surface area (TPSA) is 66.9 Å². The predicted octanol–water partition coefficient (Wildman–Crippen LogP) is 2.44. The average Bonchev–Trinajstić information content (AvgIpc) is 2.72. The van der Waals surface area contributed by atoms with E-state index in [0.29, 0.717) is 5.75 Å². The number of benzene rings is 2. The third-order valence-corrected chi connectivity index (χ3v) is 6.76. The molecule has 29 heavy (non-hydrogen) atoms. The second kappa shape index (κ2) is 8.87. The van der Waals surface area contributed by atoms with Crippen LogP contribution in [0.5, 0.6) is 5.75 Å². The zero-order chi connectivity index (χ0) is 21.0. The van der Waals surface area contributed by atoms with E-state index in [1.54, 1.807) is 6.07 Å². The van der Waals surface area contributed by atoms with Gasteiger partial charge in [0.15, 0.2) is 11.5 Å². The second-order valence-electron chi connectivity index (χ2n) is 6.59. The lowest BCUT2D eigenvalue weighted by atomic mass is 10.1. The molecule has 0 radical (unpaired) electrons. The van der Waals surface area contributed by atoms with Crippen molar-refractivity contribution in [1.29, 1.82) is 0 Å². The van der Waals surface area contributed by atoms with E-state index in [1.807, 2.05) is 25.1 Å². The molecule has 156 valence electrons. The number of amides is 1. The van der Waals surface area contributed by atoms with Crippen molar-refractivity contribution in [2.75, 3.05) is 32.8 Å². The summed E-state index contributed by atoms with van der Waals surface area (Å²) in [5, 5.41) is 0. The molecular weight excluding hydrogens is 402 g/mol. The smallest absolute Gasteiger partial charge is 0.260 e. The van der Waals surface area contributed by atoms with Crippen molar-refractivity contribution in [3.63, 3.8) is 0 Å². The summed E-state index contributed by atoms with van der Waals surface area (Å²) in [6.07, 6.45) is 0.771. The molecule has 2 aromatic carbocycles. The van der Waals surface area contributed by atoms with E-state index in [2.05, 4.69) is 0 Å². The largest absolute Gasteiger partial charge is 0.483 e. The number of halogens is 2.